The highest BCUT2D eigenvalue weighted by Crippen LogP contribution is 2.36. The summed E-state index contributed by atoms with van der Waals surface area (Å²) in [7, 11) is 0. The largest absolute Gasteiger partial charge is 0.493 e. The van der Waals surface area contributed by atoms with E-state index in [0.717, 1.165) is 6.42 Å². The van der Waals surface area contributed by atoms with Crippen LogP contribution in [0.3, 0.4) is 0 Å². The smallest absolute Gasteiger partial charge is 0.325 e. The molecule has 0 bridgehead atoms. The zero-order chi connectivity index (χ0) is 26.1. The Morgan fingerprint density at radius 3 is 2.26 bits per heavy atom. The predicted molar refractivity (Wildman–Crippen MR) is 138 cm³/mol. The molecule has 190 valence electrons. The number of carbonyl (C=O) groups excluding carboxylic acids is 3. The third-order valence-electron chi connectivity index (χ3n) is 5.31. The standard InChI is InChI=1S/C28H38N2O5/c1-7-34-25(32)18-29-26(33)20-9-8-10-22(17-20)30-24(31)15-16-35-23-13-11-21(12-14-23)28(5,6)19-27(2,3)4/h8-14,17H,7,15-16,18-19H2,1-6H3,(H,29,33)(H,30,31). The van der Waals surface area contributed by atoms with E-state index in [0.29, 0.717) is 17.0 Å². The number of rotatable bonds is 11. The van der Waals surface area contributed by atoms with E-state index >= 15 is 0 Å². The van der Waals surface area contributed by atoms with Gasteiger partial charge in [0, 0.05) is 11.3 Å². The fraction of sp³-hybridized carbons (Fsp3) is 0.464. The van der Waals surface area contributed by atoms with Crippen molar-refractivity contribution in [2.24, 2.45) is 5.41 Å². The van der Waals surface area contributed by atoms with Gasteiger partial charge in [-0.15, -0.1) is 0 Å². The van der Waals surface area contributed by atoms with Crippen molar-refractivity contribution < 1.29 is 23.9 Å². The van der Waals surface area contributed by atoms with Crippen molar-refractivity contribution in [3.05, 3.63) is 59.7 Å². The number of anilines is 1. The van der Waals surface area contributed by atoms with Crippen molar-refractivity contribution in [3.8, 4) is 5.75 Å². The van der Waals surface area contributed by atoms with E-state index in [2.05, 4.69) is 57.4 Å². The minimum atomic E-state index is -0.506. The number of carbonyl (C=O) groups is 3. The van der Waals surface area contributed by atoms with Gasteiger partial charge in [-0.25, -0.2) is 0 Å². The van der Waals surface area contributed by atoms with E-state index in [4.69, 9.17) is 9.47 Å². The average molecular weight is 483 g/mol. The Hall–Kier alpha value is -3.35. The lowest BCUT2D eigenvalue weighted by Gasteiger charge is -2.33. The zero-order valence-electron chi connectivity index (χ0n) is 21.7. The van der Waals surface area contributed by atoms with E-state index < -0.39 is 11.9 Å². The van der Waals surface area contributed by atoms with Crippen LogP contribution in [0, 0.1) is 5.41 Å². The predicted octanol–water partition coefficient (Wildman–Crippen LogP) is 5.10. The fourth-order valence-corrected chi connectivity index (χ4v) is 4.12. The number of ether oxygens (including phenoxy) is 2. The van der Waals surface area contributed by atoms with Gasteiger partial charge in [-0.3, -0.25) is 14.4 Å². The molecule has 0 radical (unpaired) electrons. The summed E-state index contributed by atoms with van der Waals surface area (Å²) in [5.41, 5.74) is 2.37. The van der Waals surface area contributed by atoms with Crippen molar-refractivity contribution in [3.63, 3.8) is 0 Å². The van der Waals surface area contributed by atoms with Crippen LogP contribution in [-0.2, 0) is 19.7 Å². The molecule has 2 aromatic rings. The summed E-state index contributed by atoms with van der Waals surface area (Å²) in [4.78, 5) is 36.0. The maximum absolute atomic E-state index is 12.3. The molecule has 2 N–H and O–H groups in total. The second kappa shape index (κ2) is 12.4. The minimum absolute atomic E-state index is 0.0565. The van der Waals surface area contributed by atoms with Crippen LogP contribution in [-0.4, -0.2) is 37.5 Å². The van der Waals surface area contributed by atoms with E-state index in [1.807, 2.05) is 12.1 Å². The molecule has 0 unspecified atom stereocenters. The normalized spacial score (nSPS) is 11.5. The first-order valence-corrected chi connectivity index (χ1v) is 12.0. The van der Waals surface area contributed by atoms with Gasteiger partial charge in [-0.2, -0.15) is 0 Å². The topological polar surface area (TPSA) is 93.7 Å². The van der Waals surface area contributed by atoms with Gasteiger partial charge < -0.3 is 20.1 Å². The van der Waals surface area contributed by atoms with Gasteiger partial charge >= 0.3 is 5.97 Å². The van der Waals surface area contributed by atoms with Crippen LogP contribution in [0.4, 0.5) is 5.69 Å². The van der Waals surface area contributed by atoms with E-state index in [1.165, 1.54) is 5.56 Å². The van der Waals surface area contributed by atoms with Gasteiger partial charge in [-0.1, -0.05) is 52.8 Å². The van der Waals surface area contributed by atoms with Crippen molar-refractivity contribution in [1.29, 1.82) is 0 Å². The Morgan fingerprint density at radius 1 is 0.943 bits per heavy atom. The number of nitrogens with one attached hydrogen (secondary N) is 2. The van der Waals surface area contributed by atoms with Crippen LogP contribution in [0.2, 0.25) is 0 Å². The van der Waals surface area contributed by atoms with Crippen LogP contribution in [0.15, 0.2) is 48.5 Å². The molecule has 0 atom stereocenters. The fourth-order valence-electron chi connectivity index (χ4n) is 4.12. The summed E-state index contributed by atoms with van der Waals surface area (Å²) in [6, 6.07) is 14.6. The Bertz CT molecular complexity index is 1010. The average Bonchev–Trinajstić information content (AvgIpc) is 2.76. The summed E-state index contributed by atoms with van der Waals surface area (Å²) >= 11 is 0. The molecule has 0 aliphatic rings. The van der Waals surface area contributed by atoms with Gasteiger partial charge in [0.25, 0.3) is 5.91 Å². The maximum atomic E-state index is 12.3. The highest BCUT2D eigenvalue weighted by molar-refractivity contribution is 5.98. The number of esters is 1. The van der Waals surface area contributed by atoms with Gasteiger partial charge in [0.05, 0.1) is 19.6 Å². The quantitative estimate of drug-likeness (QED) is 0.435. The van der Waals surface area contributed by atoms with Gasteiger partial charge in [0.15, 0.2) is 0 Å². The Labute approximate surface area is 208 Å². The molecule has 2 rings (SSSR count). The Morgan fingerprint density at radius 2 is 1.63 bits per heavy atom. The first-order chi connectivity index (χ1) is 16.4. The third-order valence-corrected chi connectivity index (χ3v) is 5.31. The number of hydrogen-bond acceptors (Lipinski definition) is 5. The van der Waals surface area contributed by atoms with E-state index in [9.17, 15) is 14.4 Å². The molecule has 2 aromatic carbocycles. The van der Waals surface area contributed by atoms with Crippen LogP contribution in [0.1, 0.15) is 70.3 Å². The van der Waals surface area contributed by atoms with Crippen molar-refractivity contribution in [2.75, 3.05) is 25.1 Å². The molecular formula is C28H38N2O5. The molecule has 0 saturated carbocycles. The summed E-state index contributed by atoms with van der Waals surface area (Å²) in [6.07, 6.45) is 1.23. The zero-order valence-corrected chi connectivity index (χ0v) is 21.7. The van der Waals surface area contributed by atoms with E-state index in [1.54, 1.807) is 31.2 Å². The molecule has 7 heteroatoms. The second-order valence-corrected chi connectivity index (χ2v) is 10.4. The SMILES string of the molecule is CCOC(=O)CNC(=O)c1cccc(NC(=O)CCOc2ccc(C(C)(C)CC(C)(C)C)cc2)c1. The molecular weight excluding hydrogens is 444 g/mol. The number of hydrogen-bond donors (Lipinski definition) is 2. The lowest BCUT2D eigenvalue weighted by Crippen LogP contribution is -2.30. The highest BCUT2D eigenvalue weighted by Gasteiger charge is 2.27. The molecule has 7 nitrogen and oxygen atoms in total. The van der Waals surface area contributed by atoms with Crippen LogP contribution < -0.4 is 15.4 Å². The third kappa shape index (κ3) is 9.81. The van der Waals surface area contributed by atoms with Crippen molar-refractivity contribution in [1.82, 2.24) is 5.32 Å². The lowest BCUT2D eigenvalue weighted by atomic mass is 9.72. The van der Waals surface area contributed by atoms with E-state index in [-0.39, 0.29) is 42.9 Å². The first kappa shape index (κ1) is 27.9. The highest BCUT2D eigenvalue weighted by atomic mass is 16.5. The maximum Gasteiger partial charge on any atom is 0.325 e. The first-order valence-electron chi connectivity index (χ1n) is 12.0. The lowest BCUT2D eigenvalue weighted by molar-refractivity contribution is -0.141. The second-order valence-electron chi connectivity index (χ2n) is 10.4. The molecule has 0 heterocycles. The van der Waals surface area contributed by atoms with Crippen molar-refractivity contribution in [2.45, 2.75) is 59.8 Å². The van der Waals surface area contributed by atoms with Crippen LogP contribution in [0.25, 0.3) is 0 Å². The molecule has 0 aliphatic heterocycles. The minimum Gasteiger partial charge on any atom is -0.493 e. The summed E-state index contributed by atoms with van der Waals surface area (Å²) in [5, 5.41) is 5.26. The summed E-state index contributed by atoms with van der Waals surface area (Å²) < 4.78 is 10.5. The van der Waals surface area contributed by atoms with Gasteiger partial charge in [-0.05, 0) is 60.1 Å². The van der Waals surface area contributed by atoms with Gasteiger partial charge in [0.2, 0.25) is 5.91 Å². The van der Waals surface area contributed by atoms with Crippen LogP contribution in [0.5, 0.6) is 5.75 Å². The summed E-state index contributed by atoms with van der Waals surface area (Å²) in [6.45, 7) is 13.2. The molecule has 35 heavy (non-hydrogen) atoms. The molecule has 0 fully saturated rings. The van der Waals surface area contributed by atoms with Gasteiger partial charge in [0.1, 0.15) is 12.3 Å². The number of benzene rings is 2. The van der Waals surface area contributed by atoms with Crippen LogP contribution >= 0.6 is 0 Å². The monoisotopic (exact) mass is 482 g/mol. The Kier molecular flexibility index (Phi) is 9.87. The molecule has 0 saturated heterocycles. The summed E-state index contributed by atoms with van der Waals surface area (Å²) in [5.74, 6) is -0.439. The Balaban J connectivity index is 1.83. The molecule has 2 amide bonds. The number of amides is 2. The molecule has 0 aromatic heterocycles. The van der Waals surface area contributed by atoms with Crippen molar-refractivity contribution >= 4 is 23.5 Å². The molecule has 0 spiro atoms. The molecule has 0 aliphatic carbocycles.